The number of hydrogen-bond donors (Lipinski definition) is 2. The van der Waals surface area contributed by atoms with Crippen molar-refractivity contribution in [1.82, 2.24) is 0 Å². The summed E-state index contributed by atoms with van der Waals surface area (Å²) in [5, 5.41) is 3.06. The lowest BCUT2D eigenvalue weighted by atomic mass is 9.98. The van der Waals surface area contributed by atoms with Crippen LogP contribution in [0.1, 0.15) is 25.0 Å². The predicted molar refractivity (Wildman–Crippen MR) is 114 cm³/mol. The Balaban J connectivity index is 1.67. The van der Waals surface area contributed by atoms with Crippen LogP contribution in [0.25, 0.3) is 0 Å². The molecule has 1 unspecified atom stereocenters. The zero-order chi connectivity index (χ0) is 19.9. The second-order valence-corrected chi connectivity index (χ2v) is 7.63. The fourth-order valence-corrected chi connectivity index (χ4v) is 4.12. The van der Waals surface area contributed by atoms with Gasteiger partial charge in [0.25, 0.3) is 5.91 Å². The molecule has 0 fully saturated rings. The van der Waals surface area contributed by atoms with Crippen LogP contribution in [0.3, 0.4) is 0 Å². The van der Waals surface area contributed by atoms with Crippen LogP contribution in [0, 0.1) is 0 Å². The number of rotatable bonds is 8. The average molecular weight is 402 g/mol. The number of quaternary nitrogens is 1. The normalized spacial score (nSPS) is 15.6. The molecule has 1 atom stereocenters. The van der Waals surface area contributed by atoms with Crippen molar-refractivity contribution >= 4 is 23.4 Å². The second kappa shape index (κ2) is 9.85. The summed E-state index contributed by atoms with van der Waals surface area (Å²) in [5.74, 6) is 1.66. The van der Waals surface area contributed by atoms with E-state index in [-0.39, 0.29) is 5.91 Å². The Labute approximate surface area is 171 Å². The molecule has 2 N–H and O–H groups in total. The van der Waals surface area contributed by atoms with Crippen molar-refractivity contribution in [3.8, 4) is 11.5 Å². The number of carbonyl (C=O) groups is 1. The molecule has 0 bridgehead atoms. The van der Waals surface area contributed by atoms with Gasteiger partial charge >= 0.3 is 0 Å². The average Bonchev–Trinajstić information content (AvgIpc) is 2.69. The maximum Gasteiger partial charge on any atom is 0.279 e. The van der Waals surface area contributed by atoms with Gasteiger partial charge in [-0.3, -0.25) is 4.79 Å². The number of carbonyl (C=O) groups excluding carboxylic acids is 1. The molecule has 150 valence electrons. The third kappa shape index (κ3) is 5.00. The van der Waals surface area contributed by atoms with Crippen LogP contribution in [0.4, 0.5) is 5.69 Å². The summed E-state index contributed by atoms with van der Waals surface area (Å²) in [6.45, 7) is 7.39. The first-order valence-corrected chi connectivity index (χ1v) is 11.0. The van der Waals surface area contributed by atoms with Gasteiger partial charge in [0, 0.05) is 16.9 Å². The fraction of sp³-hybridized carbons (Fsp3) is 0.409. The van der Waals surface area contributed by atoms with Gasteiger partial charge in [0.1, 0.15) is 6.54 Å². The number of benzene rings is 2. The Morgan fingerprint density at radius 2 is 1.79 bits per heavy atom. The number of para-hydroxylation sites is 1. The predicted octanol–water partition coefficient (Wildman–Crippen LogP) is 2.79. The Morgan fingerprint density at radius 3 is 2.46 bits per heavy atom. The maximum atomic E-state index is 12.6. The van der Waals surface area contributed by atoms with Gasteiger partial charge in [-0.15, -0.1) is 11.8 Å². The number of nitrogens with one attached hydrogen (secondary N) is 2. The molecule has 28 heavy (non-hydrogen) atoms. The molecule has 1 heterocycles. The van der Waals surface area contributed by atoms with Crippen LogP contribution in [-0.4, -0.2) is 38.5 Å². The number of ether oxygens (including phenoxy) is 2. The van der Waals surface area contributed by atoms with Crippen LogP contribution in [0.2, 0.25) is 0 Å². The zero-order valence-electron chi connectivity index (χ0n) is 16.8. The summed E-state index contributed by atoms with van der Waals surface area (Å²) in [6.07, 6.45) is 2.95. The smallest absolute Gasteiger partial charge is 0.279 e. The molecule has 1 amide bonds. The van der Waals surface area contributed by atoms with Gasteiger partial charge in [0.05, 0.1) is 25.4 Å². The van der Waals surface area contributed by atoms with E-state index in [1.54, 1.807) is 11.8 Å². The van der Waals surface area contributed by atoms with E-state index in [1.807, 2.05) is 44.4 Å². The highest BCUT2D eigenvalue weighted by Gasteiger charge is 2.24. The Hall–Kier alpha value is -2.18. The SMILES string of the molecule is CCOc1cc2c(cc1OCC)C[NH+](CC(=O)Nc1ccccc1SC)CC2. The van der Waals surface area contributed by atoms with Crippen LogP contribution in [0.15, 0.2) is 41.3 Å². The zero-order valence-corrected chi connectivity index (χ0v) is 17.7. The molecular weight excluding hydrogens is 372 g/mol. The van der Waals surface area contributed by atoms with Crippen molar-refractivity contribution in [1.29, 1.82) is 0 Å². The highest BCUT2D eigenvalue weighted by atomic mass is 32.2. The van der Waals surface area contributed by atoms with E-state index >= 15 is 0 Å². The number of hydrogen-bond acceptors (Lipinski definition) is 4. The summed E-state index contributed by atoms with van der Waals surface area (Å²) < 4.78 is 11.5. The van der Waals surface area contributed by atoms with Crippen molar-refractivity contribution in [3.63, 3.8) is 0 Å². The van der Waals surface area contributed by atoms with Gasteiger partial charge in [-0.1, -0.05) is 12.1 Å². The van der Waals surface area contributed by atoms with Crippen molar-refractivity contribution in [2.75, 3.05) is 37.9 Å². The van der Waals surface area contributed by atoms with E-state index in [4.69, 9.17) is 9.47 Å². The molecule has 2 aromatic rings. The van der Waals surface area contributed by atoms with Gasteiger partial charge in [-0.2, -0.15) is 0 Å². The third-order valence-electron chi connectivity index (χ3n) is 4.85. The maximum absolute atomic E-state index is 12.6. The third-order valence-corrected chi connectivity index (χ3v) is 5.64. The summed E-state index contributed by atoms with van der Waals surface area (Å²) in [6, 6.07) is 12.1. The van der Waals surface area contributed by atoms with Crippen molar-refractivity contribution in [2.45, 2.75) is 31.7 Å². The lowest BCUT2D eigenvalue weighted by Gasteiger charge is -2.26. The van der Waals surface area contributed by atoms with Gasteiger partial charge in [-0.05, 0) is 49.9 Å². The van der Waals surface area contributed by atoms with Gasteiger partial charge in [-0.25, -0.2) is 0 Å². The minimum atomic E-state index is 0.0518. The molecular formula is C22H29N2O3S+. The van der Waals surface area contributed by atoms with E-state index in [0.29, 0.717) is 19.8 Å². The standard InChI is InChI=1S/C22H28N2O3S/c1-4-26-19-12-16-10-11-24(14-17(16)13-20(19)27-5-2)15-22(25)23-18-8-6-7-9-21(18)28-3/h6-9,12-13H,4-5,10-11,14-15H2,1-3H3,(H,23,25)/p+1. The number of amides is 1. The lowest BCUT2D eigenvalue weighted by molar-refractivity contribution is -0.907. The summed E-state index contributed by atoms with van der Waals surface area (Å²) >= 11 is 1.64. The number of thioether (sulfide) groups is 1. The minimum Gasteiger partial charge on any atom is -0.490 e. The van der Waals surface area contributed by atoms with Gasteiger partial charge < -0.3 is 19.7 Å². The summed E-state index contributed by atoms with van der Waals surface area (Å²) in [5.41, 5.74) is 3.42. The number of fused-ring (bicyclic) bond motifs is 1. The molecule has 2 aromatic carbocycles. The molecule has 0 aliphatic carbocycles. The lowest BCUT2D eigenvalue weighted by Crippen LogP contribution is -3.12. The Morgan fingerprint density at radius 1 is 1.11 bits per heavy atom. The van der Waals surface area contributed by atoms with Crippen LogP contribution < -0.4 is 19.7 Å². The first-order chi connectivity index (χ1) is 13.6. The van der Waals surface area contributed by atoms with Crippen molar-refractivity contribution in [3.05, 3.63) is 47.5 Å². The van der Waals surface area contributed by atoms with Crippen LogP contribution >= 0.6 is 11.8 Å². The van der Waals surface area contributed by atoms with E-state index in [9.17, 15) is 4.79 Å². The molecule has 0 aromatic heterocycles. The van der Waals surface area contributed by atoms with Crippen molar-refractivity contribution < 1.29 is 19.2 Å². The van der Waals surface area contributed by atoms with E-state index in [1.165, 1.54) is 16.0 Å². The molecule has 3 rings (SSSR count). The van der Waals surface area contributed by atoms with Gasteiger partial charge in [0.15, 0.2) is 18.0 Å². The molecule has 5 nitrogen and oxygen atoms in total. The fourth-order valence-electron chi connectivity index (χ4n) is 3.57. The van der Waals surface area contributed by atoms with E-state index in [0.717, 1.165) is 41.6 Å². The highest BCUT2D eigenvalue weighted by molar-refractivity contribution is 7.98. The second-order valence-electron chi connectivity index (χ2n) is 6.79. The Bertz CT molecular complexity index is 825. The molecule has 6 heteroatoms. The summed E-state index contributed by atoms with van der Waals surface area (Å²) in [4.78, 5) is 14.9. The quantitative estimate of drug-likeness (QED) is 0.668. The van der Waals surface area contributed by atoms with Crippen molar-refractivity contribution in [2.24, 2.45) is 0 Å². The first-order valence-electron chi connectivity index (χ1n) is 9.82. The van der Waals surface area contributed by atoms with Crippen LogP contribution in [-0.2, 0) is 17.8 Å². The molecule has 0 radical (unpaired) electrons. The molecule has 0 saturated carbocycles. The topological polar surface area (TPSA) is 52.0 Å². The highest BCUT2D eigenvalue weighted by Crippen LogP contribution is 2.32. The number of anilines is 1. The van der Waals surface area contributed by atoms with E-state index < -0.39 is 0 Å². The Kier molecular flexibility index (Phi) is 7.23. The largest absolute Gasteiger partial charge is 0.490 e. The van der Waals surface area contributed by atoms with Gasteiger partial charge in [0.2, 0.25) is 0 Å². The molecule has 0 spiro atoms. The molecule has 1 aliphatic rings. The minimum absolute atomic E-state index is 0.0518. The molecule has 0 saturated heterocycles. The monoisotopic (exact) mass is 401 g/mol. The first kappa shape index (κ1) is 20.6. The molecule has 1 aliphatic heterocycles. The van der Waals surface area contributed by atoms with E-state index in [2.05, 4.69) is 17.4 Å². The van der Waals surface area contributed by atoms with Crippen LogP contribution in [0.5, 0.6) is 11.5 Å². The summed E-state index contributed by atoms with van der Waals surface area (Å²) in [7, 11) is 0.